The molecule has 1 unspecified atom stereocenters. The van der Waals surface area contributed by atoms with Crippen LogP contribution in [0, 0.1) is 0 Å². The van der Waals surface area contributed by atoms with Crippen molar-refractivity contribution in [3.8, 4) is 33.9 Å². The molecule has 4 heteroatoms. The van der Waals surface area contributed by atoms with Crippen molar-refractivity contribution >= 4 is 54.3 Å². The SMILES string of the molecule is C1=CCC(c2nc(-c3ccc4ccccc4c3)nc(-c3ccc(-c4ccc5c(ccc6ccccc65)c4)c4oc5ccccc5c34)n2)C=C1. The van der Waals surface area contributed by atoms with Crippen molar-refractivity contribution in [2.75, 3.05) is 0 Å². The van der Waals surface area contributed by atoms with Crippen LogP contribution >= 0.6 is 0 Å². The number of para-hydroxylation sites is 1. The Morgan fingerprint density at radius 2 is 1.20 bits per heavy atom. The summed E-state index contributed by atoms with van der Waals surface area (Å²) in [4.78, 5) is 15.4. The minimum Gasteiger partial charge on any atom is -0.455 e. The van der Waals surface area contributed by atoms with E-state index < -0.39 is 0 Å². The van der Waals surface area contributed by atoms with Gasteiger partial charge in [0, 0.05) is 33.4 Å². The molecule has 10 rings (SSSR count). The fourth-order valence-corrected chi connectivity index (χ4v) is 7.33. The standard InChI is InChI=1S/C45H29N3O/c1-2-12-30(13-3-1)43-46-44(34-21-18-28-10-4-5-14-31(28)26-34)48-45(47-43)39-25-24-37(42-41(39)38-16-8-9-17-40(38)49-42)33-22-23-36-32(27-33)20-19-29-11-6-7-15-35(29)36/h1-12,14-27,30H,13H2. The van der Waals surface area contributed by atoms with Crippen LogP contribution in [0.4, 0.5) is 0 Å². The average molecular weight is 628 g/mol. The summed E-state index contributed by atoms with van der Waals surface area (Å²) in [5.74, 6) is 2.14. The van der Waals surface area contributed by atoms with Gasteiger partial charge in [0.1, 0.15) is 17.0 Å². The van der Waals surface area contributed by atoms with Crippen molar-refractivity contribution in [1.29, 1.82) is 0 Å². The summed E-state index contributed by atoms with van der Waals surface area (Å²) >= 11 is 0. The Bertz CT molecular complexity index is 2820. The Labute approximate surface area is 282 Å². The van der Waals surface area contributed by atoms with E-state index >= 15 is 0 Å². The van der Waals surface area contributed by atoms with E-state index in [1.807, 2.05) is 12.1 Å². The number of aromatic nitrogens is 3. The molecule has 0 aliphatic heterocycles. The fraction of sp³-hybridized carbons (Fsp3) is 0.0444. The van der Waals surface area contributed by atoms with Crippen LogP contribution < -0.4 is 0 Å². The maximum atomic E-state index is 6.70. The smallest absolute Gasteiger partial charge is 0.164 e. The normalized spacial score (nSPS) is 14.5. The molecule has 1 aliphatic rings. The molecule has 0 N–H and O–H groups in total. The first-order valence-corrected chi connectivity index (χ1v) is 16.7. The minimum absolute atomic E-state index is 0.0653. The molecule has 9 aromatic rings. The van der Waals surface area contributed by atoms with Crippen LogP contribution in [0.2, 0.25) is 0 Å². The lowest BCUT2D eigenvalue weighted by molar-refractivity contribution is 0.670. The van der Waals surface area contributed by atoms with Gasteiger partial charge in [-0.1, -0.05) is 127 Å². The van der Waals surface area contributed by atoms with Gasteiger partial charge in [0.15, 0.2) is 11.6 Å². The molecule has 230 valence electrons. The minimum atomic E-state index is 0.0653. The van der Waals surface area contributed by atoms with E-state index in [1.54, 1.807) is 0 Å². The molecule has 0 saturated carbocycles. The van der Waals surface area contributed by atoms with Gasteiger partial charge in [0.25, 0.3) is 0 Å². The molecule has 2 aromatic heterocycles. The highest BCUT2D eigenvalue weighted by atomic mass is 16.3. The monoisotopic (exact) mass is 627 g/mol. The summed E-state index contributed by atoms with van der Waals surface area (Å²) in [6.07, 6.45) is 9.36. The summed E-state index contributed by atoms with van der Waals surface area (Å²) in [5.41, 5.74) is 5.69. The summed E-state index contributed by atoms with van der Waals surface area (Å²) < 4.78 is 6.70. The topological polar surface area (TPSA) is 51.8 Å². The maximum Gasteiger partial charge on any atom is 0.164 e. The van der Waals surface area contributed by atoms with Crippen LogP contribution in [0.5, 0.6) is 0 Å². The molecule has 7 aromatic carbocycles. The molecule has 49 heavy (non-hydrogen) atoms. The largest absolute Gasteiger partial charge is 0.455 e. The van der Waals surface area contributed by atoms with Crippen molar-refractivity contribution < 1.29 is 4.42 Å². The summed E-state index contributed by atoms with van der Waals surface area (Å²) in [5, 5.41) is 9.32. The van der Waals surface area contributed by atoms with Gasteiger partial charge in [-0.15, -0.1) is 0 Å². The van der Waals surface area contributed by atoms with Gasteiger partial charge in [-0.05, 0) is 74.6 Å². The molecule has 0 amide bonds. The van der Waals surface area contributed by atoms with E-state index in [9.17, 15) is 0 Å². The third kappa shape index (κ3) is 4.64. The van der Waals surface area contributed by atoms with Gasteiger partial charge in [-0.3, -0.25) is 0 Å². The highest BCUT2D eigenvalue weighted by Crippen LogP contribution is 2.42. The number of hydrogen-bond acceptors (Lipinski definition) is 4. The molecule has 1 aliphatic carbocycles. The Morgan fingerprint density at radius 1 is 0.510 bits per heavy atom. The van der Waals surface area contributed by atoms with Gasteiger partial charge in [0.2, 0.25) is 0 Å². The fourth-order valence-electron chi connectivity index (χ4n) is 7.33. The van der Waals surface area contributed by atoms with Crippen LogP contribution in [-0.2, 0) is 0 Å². The van der Waals surface area contributed by atoms with Crippen molar-refractivity contribution in [1.82, 2.24) is 15.0 Å². The van der Waals surface area contributed by atoms with Gasteiger partial charge in [0.05, 0.1) is 0 Å². The zero-order chi connectivity index (χ0) is 32.3. The lowest BCUT2D eigenvalue weighted by Crippen LogP contribution is -2.08. The number of hydrogen-bond donors (Lipinski definition) is 0. The Hall–Kier alpha value is -6.39. The molecule has 0 saturated heterocycles. The zero-order valence-corrected chi connectivity index (χ0v) is 26.5. The van der Waals surface area contributed by atoms with Crippen molar-refractivity contribution in [3.63, 3.8) is 0 Å². The zero-order valence-electron chi connectivity index (χ0n) is 26.5. The number of furan rings is 1. The quantitative estimate of drug-likeness (QED) is 0.182. The van der Waals surface area contributed by atoms with Crippen LogP contribution in [-0.4, -0.2) is 15.0 Å². The molecular weight excluding hydrogens is 599 g/mol. The van der Waals surface area contributed by atoms with Gasteiger partial charge < -0.3 is 4.42 Å². The van der Waals surface area contributed by atoms with E-state index in [1.165, 1.54) is 26.9 Å². The van der Waals surface area contributed by atoms with Crippen LogP contribution in [0.15, 0.2) is 162 Å². The molecular formula is C45H29N3O. The molecule has 0 fully saturated rings. The molecule has 2 heterocycles. The molecule has 1 atom stereocenters. The highest BCUT2D eigenvalue weighted by molar-refractivity contribution is 6.16. The lowest BCUT2D eigenvalue weighted by atomic mass is 9.94. The second-order valence-corrected chi connectivity index (χ2v) is 12.7. The Morgan fingerprint density at radius 3 is 2.10 bits per heavy atom. The predicted molar refractivity (Wildman–Crippen MR) is 202 cm³/mol. The van der Waals surface area contributed by atoms with Crippen molar-refractivity contribution in [2.45, 2.75) is 12.3 Å². The first-order chi connectivity index (χ1) is 24.3. The lowest BCUT2D eigenvalue weighted by Gasteiger charge is -2.15. The van der Waals surface area contributed by atoms with Crippen molar-refractivity contribution in [2.24, 2.45) is 0 Å². The summed E-state index contributed by atoms with van der Waals surface area (Å²) in [6.45, 7) is 0. The van der Waals surface area contributed by atoms with Crippen LogP contribution in [0.1, 0.15) is 18.2 Å². The Kier molecular flexibility index (Phi) is 6.28. The van der Waals surface area contributed by atoms with E-state index in [0.717, 1.165) is 61.8 Å². The highest BCUT2D eigenvalue weighted by Gasteiger charge is 2.22. The van der Waals surface area contributed by atoms with E-state index in [0.29, 0.717) is 11.6 Å². The second kappa shape index (κ2) is 11.1. The number of nitrogens with zero attached hydrogens (tertiary/aromatic N) is 3. The molecule has 0 spiro atoms. The van der Waals surface area contributed by atoms with Crippen LogP contribution in [0.25, 0.3) is 88.2 Å². The summed E-state index contributed by atoms with van der Waals surface area (Å²) in [7, 11) is 0. The van der Waals surface area contributed by atoms with E-state index in [4.69, 9.17) is 19.4 Å². The predicted octanol–water partition coefficient (Wildman–Crippen LogP) is 11.8. The number of benzene rings is 7. The van der Waals surface area contributed by atoms with Crippen LogP contribution in [0.3, 0.4) is 0 Å². The van der Waals surface area contributed by atoms with Gasteiger partial charge in [-0.25, -0.2) is 15.0 Å². The number of allylic oxidation sites excluding steroid dienone is 4. The second-order valence-electron chi connectivity index (χ2n) is 12.7. The number of fused-ring (bicyclic) bond motifs is 7. The third-order valence-electron chi connectivity index (χ3n) is 9.80. The van der Waals surface area contributed by atoms with Gasteiger partial charge in [-0.2, -0.15) is 0 Å². The van der Waals surface area contributed by atoms with Crippen molar-refractivity contribution in [3.05, 3.63) is 164 Å². The first kappa shape index (κ1) is 27.7. The molecule has 0 bridgehead atoms. The molecule has 4 nitrogen and oxygen atoms in total. The third-order valence-corrected chi connectivity index (χ3v) is 9.80. The van der Waals surface area contributed by atoms with E-state index in [-0.39, 0.29) is 5.92 Å². The number of rotatable bonds is 4. The average Bonchev–Trinajstić information content (AvgIpc) is 3.57. The first-order valence-electron chi connectivity index (χ1n) is 16.7. The Balaban J connectivity index is 1.20. The molecule has 0 radical (unpaired) electrons. The summed E-state index contributed by atoms with van der Waals surface area (Å²) in [6, 6.07) is 47.0. The van der Waals surface area contributed by atoms with Gasteiger partial charge >= 0.3 is 0 Å². The van der Waals surface area contributed by atoms with E-state index in [2.05, 4.69) is 146 Å². The maximum absolute atomic E-state index is 6.70.